The summed E-state index contributed by atoms with van der Waals surface area (Å²) in [6.07, 6.45) is -4.76. The minimum atomic E-state index is -4.76. The van der Waals surface area contributed by atoms with Gasteiger partial charge in [0, 0.05) is 10.7 Å². The molecule has 0 fully saturated rings. The van der Waals surface area contributed by atoms with Crippen molar-refractivity contribution in [3.63, 3.8) is 0 Å². The van der Waals surface area contributed by atoms with Crippen molar-refractivity contribution in [3.05, 3.63) is 58.9 Å². The van der Waals surface area contributed by atoms with E-state index in [-0.39, 0.29) is 10.7 Å². The van der Waals surface area contributed by atoms with E-state index < -0.39 is 35.1 Å². The van der Waals surface area contributed by atoms with Crippen LogP contribution in [0.3, 0.4) is 0 Å². The van der Waals surface area contributed by atoms with Crippen LogP contribution in [0, 0.1) is 5.82 Å². The van der Waals surface area contributed by atoms with Gasteiger partial charge in [0.1, 0.15) is 5.82 Å². The third-order valence-corrected chi connectivity index (χ3v) is 3.08. The van der Waals surface area contributed by atoms with Gasteiger partial charge in [-0.05, 0) is 42.5 Å². The summed E-state index contributed by atoms with van der Waals surface area (Å²) < 4.78 is 51.5. The topological polar surface area (TPSA) is 58.2 Å². The van der Waals surface area contributed by atoms with Gasteiger partial charge in [-0.25, -0.2) is 4.39 Å². The number of rotatable bonds is 2. The molecular formula is C15H9ClF4N2O2. The summed E-state index contributed by atoms with van der Waals surface area (Å²) in [5.74, 6) is -3.06. The molecule has 2 aromatic carbocycles. The van der Waals surface area contributed by atoms with Crippen molar-refractivity contribution in [1.82, 2.24) is 0 Å². The summed E-state index contributed by atoms with van der Waals surface area (Å²) in [5.41, 5.74) is -1.67. The number of hydrogen-bond donors (Lipinski definition) is 2. The van der Waals surface area contributed by atoms with Crippen molar-refractivity contribution in [2.45, 2.75) is 6.18 Å². The van der Waals surface area contributed by atoms with Crippen molar-refractivity contribution in [3.8, 4) is 0 Å². The Morgan fingerprint density at radius 2 is 1.50 bits per heavy atom. The lowest BCUT2D eigenvalue weighted by Gasteiger charge is -2.14. The molecule has 2 N–H and O–H groups in total. The first-order valence-corrected chi connectivity index (χ1v) is 6.79. The largest absolute Gasteiger partial charge is 0.418 e. The molecule has 0 unspecified atom stereocenters. The summed E-state index contributed by atoms with van der Waals surface area (Å²) in [6.45, 7) is 0. The van der Waals surface area contributed by atoms with Crippen molar-refractivity contribution >= 4 is 34.8 Å². The highest BCUT2D eigenvalue weighted by Gasteiger charge is 2.34. The SMILES string of the molecule is O=C(Nc1ccc(F)cc1)C(=O)Nc1ccc(Cl)cc1C(F)(F)F. The minimum absolute atomic E-state index is 0.115. The molecule has 0 spiro atoms. The average Bonchev–Trinajstić information content (AvgIpc) is 2.50. The standard InChI is InChI=1S/C15H9ClF4N2O2/c16-8-1-6-12(11(7-8)15(18,19)20)22-14(24)13(23)21-10-4-2-9(17)3-5-10/h1-7H,(H,21,23)(H,22,24). The number of anilines is 2. The van der Waals surface area contributed by atoms with E-state index in [1.165, 1.54) is 12.1 Å². The van der Waals surface area contributed by atoms with Gasteiger partial charge in [-0.15, -0.1) is 0 Å². The Kier molecular flexibility index (Phi) is 5.08. The van der Waals surface area contributed by atoms with Gasteiger partial charge < -0.3 is 10.6 Å². The van der Waals surface area contributed by atoms with Crippen LogP contribution in [0.25, 0.3) is 0 Å². The van der Waals surface area contributed by atoms with Gasteiger partial charge in [-0.1, -0.05) is 11.6 Å². The van der Waals surface area contributed by atoms with E-state index in [9.17, 15) is 27.2 Å². The van der Waals surface area contributed by atoms with Crippen LogP contribution in [-0.2, 0) is 15.8 Å². The van der Waals surface area contributed by atoms with Crippen molar-refractivity contribution < 1.29 is 27.2 Å². The fraction of sp³-hybridized carbons (Fsp3) is 0.0667. The lowest BCUT2D eigenvalue weighted by Crippen LogP contribution is -2.30. The fourth-order valence-electron chi connectivity index (χ4n) is 1.76. The molecule has 0 aliphatic carbocycles. The molecule has 0 atom stereocenters. The van der Waals surface area contributed by atoms with Crippen LogP contribution in [0.15, 0.2) is 42.5 Å². The highest BCUT2D eigenvalue weighted by molar-refractivity contribution is 6.43. The maximum Gasteiger partial charge on any atom is 0.418 e. The number of halogens is 5. The number of nitrogens with one attached hydrogen (secondary N) is 2. The van der Waals surface area contributed by atoms with Gasteiger partial charge in [0.15, 0.2) is 0 Å². The first-order chi connectivity index (χ1) is 11.2. The van der Waals surface area contributed by atoms with Crippen LogP contribution in [-0.4, -0.2) is 11.8 Å². The van der Waals surface area contributed by atoms with Crippen molar-refractivity contribution in [2.75, 3.05) is 10.6 Å². The zero-order valence-electron chi connectivity index (χ0n) is 11.7. The number of amides is 2. The number of alkyl halides is 3. The Labute approximate surface area is 138 Å². The van der Waals surface area contributed by atoms with Crippen LogP contribution in [0.2, 0.25) is 5.02 Å². The summed E-state index contributed by atoms with van der Waals surface area (Å²) in [7, 11) is 0. The van der Waals surface area contributed by atoms with Crippen LogP contribution >= 0.6 is 11.6 Å². The highest BCUT2D eigenvalue weighted by atomic mass is 35.5. The van der Waals surface area contributed by atoms with Crippen LogP contribution in [0.1, 0.15) is 5.56 Å². The third kappa shape index (κ3) is 4.45. The molecule has 2 rings (SSSR count). The first-order valence-electron chi connectivity index (χ1n) is 6.41. The first kappa shape index (κ1) is 17.7. The van der Waals surface area contributed by atoms with E-state index in [0.717, 1.165) is 24.3 Å². The van der Waals surface area contributed by atoms with Crippen LogP contribution < -0.4 is 10.6 Å². The molecule has 126 valence electrons. The number of hydrogen-bond acceptors (Lipinski definition) is 2. The molecule has 0 saturated heterocycles. The Bertz CT molecular complexity index is 776. The van der Waals surface area contributed by atoms with E-state index >= 15 is 0 Å². The molecule has 0 aliphatic rings. The van der Waals surface area contributed by atoms with E-state index in [2.05, 4.69) is 5.32 Å². The molecule has 24 heavy (non-hydrogen) atoms. The Morgan fingerprint density at radius 3 is 2.08 bits per heavy atom. The zero-order valence-corrected chi connectivity index (χ0v) is 12.5. The van der Waals surface area contributed by atoms with Crippen molar-refractivity contribution in [1.29, 1.82) is 0 Å². The Morgan fingerprint density at radius 1 is 0.917 bits per heavy atom. The molecule has 2 amide bonds. The second kappa shape index (κ2) is 6.88. The third-order valence-electron chi connectivity index (χ3n) is 2.84. The lowest BCUT2D eigenvalue weighted by atomic mass is 10.1. The maximum atomic E-state index is 12.9. The Hall–Kier alpha value is -2.61. The summed E-state index contributed by atoms with van der Waals surface area (Å²) in [4.78, 5) is 23.5. The predicted octanol–water partition coefficient (Wildman–Crippen LogP) is 4.08. The molecule has 0 aliphatic heterocycles. The van der Waals surface area contributed by atoms with Gasteiger partial charge in [-0.2, -0.15) is 13.2 Å². The van der Waals surface area contributed by atoms with Gasteiger partial charge in [0.2, 0.25) is 0 Å². The normalized spacial score (nSPS) is 11.0. The molecule has 0 aromatic heterocycles. The van der Waals surface area contributed by atoms with E-state index in [4.69, 9.17) is 11.6 Å². The van der Waals surface area contributed by atoms with Gasteiger partial charge in [0.25, 0.3) is 0 Å². The van der Waals surface area contributed by atoms with Crippen LogP contribution in [0.4, 0.5) is 28.9 Å². The second-order valence-electron chi connectivity index (χ2n) is 4.60. The summed E-state index contributed by atoms with van der Waals surface area (Å²) in [6, 6.07) is 7.21. The maximum absolute atomic E-state index is 12.9. The van der Waals surface area contributed by atoms with E-state index in [1.54, 1.807) is 0 Å². The van der Waals surface area contributed by atoms with Gasteiger partial charge >= 0.3 is 18.0 Å². The van der Waals surface area contributed by atoms with Gasteiger partial charge in [-0.3, -0.25) is 9.59 Å². The lowest BCUT2D eigenvalue weighted by molar-refractivity contribution is -0.137. The van der Waals surface area contributed by atoms with Crippen LogP contribution in [0.5, 0.6) is 0 Å². The highest BCUT2D eigenvalue weighted by Crippen LogP contribution is 2.36. The second-order valence-corrected chi connectivity index (χ2v) is 5.04. The average molecular weight is 361 g/mol. The predicted molar refractivity (Wildman–Crippen MR) is 80.1 cm³/mol. The number of benzene rings is 2. The summed E-state index contributed by atoms with van der Waals surface area (Å²) in [5, 5.41) is 3.84. The monoisotopic (exact) mass is 360 g/mol. The molecule has 0 saturated carbocycles. The number of carbonyl (C=O) groups is 2. The van der Waals surface area contributed by atoms with Crippen molar-refractivity contribution in [2.24, 2.45) is 0 Å². The summed E-state index contributed by atoms with van der Waals surface area (Å²) >= 11 is 5.52. The molecule has 9 heteroatoms. The Balaban J connectivity index is 2.14. The quantitative estimate of drug-likeness (QED) is 0.626. The van der Waals surface area contributed by atoms with Gasteiger partial charge in [0.05, 0.1) is 11.3 Å². The molecular weight excluding hydrogens is 352 g/mol. The zero-order chi connectivity index (χ0) is 17.9. The molecule has 4 nitrogen and oxygen atoms in total. The smallest absolute Gasteiger partial charge is 0.318 e. The fourth-order valence-corrected chi connectivity index (χ4v) is 1.93. The van der Waals surface area contributed by atoms with E-state index in [1.807, 2.05) is 5.32 Å². The molecule has 0 bridgehead atoms. The molecule has 2 aromatic rings. The molecule has 0 radical (unpaired) electrons. The van der Waals surface area contributed by atoms with E-state index in [0.29, 0.717) is 6.07 Å². The minimum Gasteiger partial charge on any atom is -0.318 e. The number of carbonyl (C=O) groups excluding carboxylic acids is 2. The molecule has 0 heterocycles.